The van der Waals surface area contributed by atoms with Crippen LogP contribution in [0.25, 0.3) is 0 Å². The molecule has 0 radical (unpaired) electrons. The average molecular weight is 409 g/mol. The van der Waals surface area contributed by atoms with E-state index < -0.39 is 0 Å². The lowest BCUT2D eigenvalue weighted by atomic mass is 10.1. The van der Waals surface area contributed by atoms with E-state index in [9.17, 15) is 4.79 Å². The van der Waals surface area contributed by atoms with Gasteiger partial charge in [0.25, 0.3) is 5.91 Å². The van der Waals surface area contributed by atoms with E-state index in [1.165, 1.54) is 5.57 Å². The van der Waals surface area contributed by atoms with Gasteiger partial charge in [-0.25, -0.2) is 0 Å². The second-order valence-electron chi connectivity index (χ2n) is 4.34. The Kier molecular flexibility index (Phi) is 7.32. The van der Waals surface area contributed by atoms with Crippen LogP contribution in [0.15, 0.2) is 29.8 Å². The number of benzene rings is 1. The van der Waals surface area contributed by atoms with Gasteiger partial charge in [0.05, 0.1) is 12.7 Å². The summed E-state index contributed by atoms with van der Waals surface area (Å²) in [4.78, 5) is 12.1. The third-order valence-electron chi connectivity index (χ3n) is 3.05. The van der Waals surface area contributed by atoms with E-state index >= 15 is 0 Å². The number of rotatable bonds is 4. The molecule has 0 aliphatic carbocycles. The molecule has 110 valence electrons. The smallest absolute Gasteiger partial charge is 0.252 e. The number of halogens is 2. The zero-order valence-electron chi connectivity index (χ0n) is 11.2. The molecule has 1 aromatic carbocycles. The van der Waals surface area contributed by atoms with E-state index in [1.807, 2.05) is 6.07 Å². The van der Waals surface area contributed by atoms with Gasteiger partial charge >= 0.3 is 0 Å². The maximum absolute atomic E-state index is 12.1. The van der Waals surface area contributed by atoms with E-state index in [0.29, 0.717) is 12.1 Å². The molecule has 0 spiro atoms. The van der Waals surface area contributed by atoms with E-state index in [4.69, 9.17) is 4.74 Å². The van der Waals surface area contributed by atoms with E-state index in [0.717, 1.165) is 28.8 Å². The summed E-state index contributed by atoms with van der Waals surface area (Å²) < 4.78 is 6.03. The topological polar surface area (TPSA) is 50.4 Å². The minimum Gasteiger partial charge on any atom is -0.497 e. The molecule has 0 unspecified atom stereocenters. The molecule has 0 fully saturated rings. The molecular weight excluding hydrogens is 391 g/mol. The lowest BCUT2D eigenvalue weighted by molar-refractivity contribution is 0.0955. The number of carbonyl (C=O) groups excluding carboxylic acids is 1. The van der Waals surface area contributed by atoms with Crippen LogP contribution in [0.3, 0.4) is 0 Å². The molecule has 1 aliphatic heterocycles. The molecule has 20 heavy (non-hydrogen) atoms. The SMILES string of the molecule is COc1ccc(C(=O)NCC2=CCNCC2)c(I)c1.Cl. The second kappa shape index (κ2) is 8.49. The van der Waals surface area contributed by atoms with Crippen molar-refractivity contribution in [3.8, 4) is 5.75 Å². The molecule has 1 amide bonds. The maximum atomic E-state index is 12.1. The summed E-state index contributed by atoms with van der Waals surface area (Å²) in [6, 6.07) is 5.47. The first-order valence-electron chi connectivity index (χ1n) is 6.21. The first-order valence-corrected chi connectivity index (χ1v) is 7.29. The summed E-state index contributed by atoms with van der Waals surface area (Å²) in [5.74, 6) is 0.730. The Morgan fingerprint density at radius 1 is 1.50 bits per heavy atom. The third-order valence-corrected chi connectivity index (χ3v) is 3.95. The predicted molar refractivity (Wildman–Crippen MR) is 90.9 cm³/mol. The largest absolute Gasteiger partial charge is 0.497 e. The van der Waals surface area contributed by atoms with Crippen molar-refractivity contribution in [1.29, 1.82) is 0 Å². The van der Waals surface area contributed by atoms with Crippen molar-refractivity contribution in [2.75, 3.05) is 26.7 Å². The standard InChI is InChI=1S/C14H17IN2O2.ClH/c1-19-11-2-3-12(13(15)8-11)14(18)17-9-10-4-6-16-7-5-10;/h2-4,8,16H,5-7,9H2,1H3,(H,17,18);1H. The minimum atomic E-state index is -0.0357. The molecule has 1 aliphatic rings. The van der Waals surface area contributed by atoms with Crippen LogP contribution in [-0.2, 0) is 0 Å². The highest BCUT2D eigenvalue weighted by Crippen LogP contribution is 2.19. The molecule has 4 nitrogen and oxygen atoms in total. The summed E-state index contributed by atoms with van der Waals surface area (Å²) in [5, 5.41) is 6.22. The fourth-order valence-electron chi connectivity index (χ4n) is 1.93. The number of nitrogens with one attached hydrogen (secondary N) is 2. The normalized spacial score (nSPS) is 14.0. The first kappa shape index (κ1) is 17.3. The molecule has 0 bridgehead atoms. The van der Waals surface area contributed by atoms with Crippen molar-refractivity contribution in [3.05, 3.63) is 39.0 Å². The number of carbonyl (C=O) groups is 1. The van der Waals surface area contributed by atoms with Crippen molar-refractivity contribution in [1.82, 2.24) is 10.6 Å². The monoisotopic (exact) mass is 408 g/mol. The molecule has 0 atom stereocenters. The zero-order chi connectivity index (χ0) is 13.7. The van der Waals surface area contributed by atoms with E-state index in [2.05, 4.69) is 39.3 Å². The van der Waals surface area contributed by atoms with E-state index in [1.54, 1.807) is 19.2 Å². The molecule has 6 heteroatoms. The highest BCUT2D eigenvalue weighted by Gasteiger charge is 2.11. The van der Waals surface area contributed by atoms with E-state index in [-0.39, 0.29) is 18.3 Å². The average Bonchev–Trinajstić information content (AvgIpc) is 2.45. The van der Waals surface area contributed by atoms with Crippen LogP contribution in [-0.4, -0.2) is 32.7 Å². The highest BCUT2D eigenvalue weighted by molar-refractivity contribution is 14.1. The third kappa shape index (κ3) is 4.64. The maximum Gasteiger partial charge on any atom is 0.252 e. The number of ether oxygens (including phenoxy) is 1. The van der Waals surface area contributed by atoms with Gasteiger partial charge in [0.1, 0.15) is 5.75 Å². The summed E-state index contributed by atoms with van der Waals surface area (Å²) in [6.07, 6.45) is 3.14. The molecule has 0 saturated carbocycles. The lowest BCUT2D eigenvalue weighted by Crippen LogP contribution is -2.30. The van der Waals surface area contributed by atoms with Gasteiger partial charge in [0.15, 0.2) is 0 Å². The van der Waals surface area contributed by atoms with Gasteiger partial charge in [-0.15, -0.1) is 12.4 Å². The van der Waals surface area contributed by atoms with Crippen molar-refractivity contribution >= 4 is 40.9 Å². The summed E-state index contributed by atoms with van der Waals surface area (Å²) in [5.41, 5.74) is 1.98. The van der Waals surface area contributed by atoms with Crippen LogP contribution in [0, 0.1) is 3.57 Å². The quantitative estimate of drug-likeness (QED) is 0.594. The van der Waals surface area contributed by atoms with Gasteiger partial charge in [0, 0.05) is 16.7 Å². The molecule has 2 rings (SSSR count). The van der Waals surface area contributed by atoms with Crippen molar-refractivity contribution in [2.24, 2.45) is 0 Å². The highest BCUT2D eigenvalue weighted by atomic mass is 127. The Morgan fingerprint density at radius 2 is 2.30 bits per heavy atom. The Labute approximate surface area is 138 Å². The summed E-state index contributed by atoms with van der Waals surface area (Å²) >= 11 is 2.15. The molecule has 0 saturated heterocycles. The first-order chi connectivity index (χ1) is 9.20. The second-order valence-corrected chi connectivity index (χ2v) is 5.51. The number of methoxy groups -OCH3 is 1. The van der Waals surface area contributed by atoms with Gasteiger partial charge in [-0.2, -0.15) is 0 Å². The van der Waals surface area contributed by atoms with Gasteiger partial charge in [-0.3, -0.25) is 4.79 Å². The van der Waals surface area contributed by atoms with Crippen LogP contribution in [0.4, 0.5) is 0 Å². The van der Waals surface area contributed by atoms with Crippen molar-refractivity contribution in [2.45, 2.75) is 6.42 Å². The van der Waals surface area contributed by atoms with Crippen LogP contribution in [0.1, 0.15) is 16.8 Å². The zero-order valence-corrected chi connectivity index (χ0v) is 14.2. The van der Waals surface area contributed by atoms with Crippen LogP contribution >= 0.6 is 35.0 Å². The molecule has 0 aromatic heterocycles. The Bertz CT molecular complexity index is 506. The number of hydrogen-bond acceptors (Lipinski definition) is 3. The molecule has 1 heterocycles. The summed E-state index contributed by atoms with van der Waals surface area (Å²) in [6.45, 7) is 2.51. The van der Waals surface area contributed by atoms with Crippen LogP contribution in [0.2, 0.25) is 0 Å². The lowest BCUT2D eigenvalue weighted by Gasteiger charge is -2.15. The van der Waals surface area contributed by atoms with Gasteiger partial charge in [-0.05, 0) is 53.8 Å². The van der Waals surface area contributed by atoms with Crippen LogP contribution in [0.5, 0.6) is 5.75 Å². The fraction of sp³-hybridized carbons (Fsp3) is 0.357. The Morgan fingerprint density at radius 3 is 2.90 bits per heavy atom. The van der Waals surface area contributed by atoms with Gasteiger partial charge in [0.2, 0.25) is 0 Å². The van der Waals surface area contributed by atoms with Gasteiger partial charge < -0.3 is 15.4 Å². The van der Waals surface area contributed by atoms with Crippen molar-refractivity contribution in [3.63, 3.8) is 0 Å². The number of amides is 1. The predicted octanol–water partition coefficient (Wildman–Crippen LogP) is 2.37. The van der Waals surface area contributed by atoms with Crippen LogP contribution < -0.4 is 15.4 Å². The minimum absolute atomic E-state index is 0. The Hall–Kier alpha value is -0.790. The molecule has 1 aromatic rings. The molecule has 2 N–H and O–H groups in total. The number of hydrogen-bond donors (Lipinski definition) is 2. The summed E-state index contributed by atoms with van der Waals surface area (Å²) in [7, 11) is 1.62. The van der Waals surface area contributed by atoms with Gasteiger partial charge in [-0.1, -0.05) is 11.6 Å². The Balaban J connectivity index is 0.00000200. The fourth-order valence-corrected chi connectivity index (χ4v) is 2.66. The van der Waals surface area contributed by atoms with Crippen molar-refractivity contribution < 1.29 is 9.53 Å². The molecular formula is C14H18ClIN2O2.